The molecular formula is C17H22N2O4. The van der Waals surface area contributed by atoms with Gasteiger partial charge in [-0.15, -0.1) is 0 Å². The fourth-order valence-corrected chi connectivity index (χ4v) is 3.04. The number of oxazole rings is 1. The highest BCUT2D eigenvalue weighted by Gasteiger charge is 2.23. The molecule has 1 N–H and O–H groups in total. The highest BCUT2D eigenvalue weighted by molar-refractivity contribution is 5.76. The van der Waals surface area contributed by atoms with Crippen LogP contribution in [0.4, 0.5) is 0 Å². The van der Waals surface area contributed by atoms with E-state index < -0.39 is 0 Å². The van der Waals surface area contributed by atoms with Crippen molar-refractivity contribution in [3.63, 3.8) is 0 Å². The number of fused-ring (bicyclic) bond motifs is 1. The number of nitrogens with one attached hydrogen (secondary N) is 1. The lowest BCUT2D eigenvalue weighted by Gasteiger charge is -2.19. The van der Waals surface area contributed by atoms with Crippen molar-refractivity contribution in [1.29, 1.82) is 0 Å². The van der Waals surface area contributed by atoms with Crippen LogP contribution in [-0.2, 0) is 16.1 Å². The topological polar surface area (TPSA) is 73.5 Å². The molecule has 0 spiro atoms. The van der Waals surface area contributed by atoms with Crippen molar-refractivity contribution < 1.29 is 13.9 Å². The maximum Gasteiger partial charge on any atom is 0.419 e. The molecule has 6 heteroatoms. The summed E-state index contributed by atoms with van der Waals surface area (Å²) in [5, 5.41) is 2.98. The molecule has 1 aliphatic rings. The van der Waals surface area contributed by atoms with Gasteiger partial charge in [0.1, 0.15) is 0 Å². The van der Waals surface area contributed by atoms with E-state index in [4.69, 9.17) is 9.15 Å². The Hall–Kier alpha value is -2.08. The first kappa shape index (κ1) is 15.8. The van der Waals surface area contributed by atoms with Crippen LogP contribution in [0.15, 0.2) is 33.5 Å². The van der Waals surface area contributed by atoms with Crippen LogP contribution in [0.2, 0.25) is 0 Å². The largest absolute Gasteiger partial charge is 0.419 e. The van der Waals surface area contributed by atoms with Gasteiger partial charge in [-0.05, 0) is 38.3 Å². The van der Waals surface area contributed by atoms with Gasteiger partial charge in [-0.3, -0.25) is 9.36 Å². The van der Waals surface area contributed by atoms with Crippen molar-refractivity contribution in [3.8, 4) is 0 Å². The van der Waals surface area contributed by atoms with Crippen LogP contribution < -0.4 is 11.1 Å². The molecule has 124 valence electrons. The number of para-hydroxylation sites is 2. The minimum Gasteiger partial charge on any atom is -0.408 e. The number of rotatable bonds is 6. The minimum atomic E-state index is -0.376. The van der Waals surface area contributed by atoms with Gasteiger partial charge < -0.3 is 14.5 Å². The van der Waals surface area contributed by atoms with E-state index in [0.717, 1.165) is 25.0 Å². The summed E-state index contributed by atoms with van der Waals surface area (Å²) < 4.78 is 12.3. The Morgan fingerprint density at radius 1 is 1.43 bits per heavy atom. The molecule has 1 amide bonds. The summed E-state index contributed by atoms with van der Waals surface area (Å²) in [7, 11) is 0. The van der Waals surface area contributed by atoms with E-state index in [1.807, 2.05) is 25.1 Å². The van der Waals surface area contributed by atoms with E-state index in [1.165, 1.54) is 0 Å². The molecule has 0 unspecified atom stereocenters. The van der Waals surface area contributed by atoms with Crippen molar-refractivity contribution in [3.05, 3.63) is 34.8 Å². The number of hydrogen-bond donors (Lipinski definition) is 1. The molecule has 3 rings (SSSR count). The molecule has 0 radical (unpaired) electrons. The Morgan fingerprint density at radius 3 is 3.04 bits per heavy atom. The normalized spacial score (nSPS) is 19.1. The van der Waals surface area contributed by atoms with E-state index in [1.54, 1.807) is 10.6 Å². The quantitative estimate of drug-likeness (QED) is 0.885. The van der Waals surface area contributed by atoms with E-state index in [2.05, 4.69) is 5.32 Å². The van der Waals surface area contributed by atoms with Crippen LogP contribution in [0.1, 0.15) is 32.6 Å². The summed E-state index contributed by atoms with van der Waals surface area (Å²) in [6, 6.07) is 7.34. The molecule has 0 bridgehead atoms. The first-order chi connectivity index (χ1) is 11.1. The second kappa shape index (κ2) is 7.00. The van der Waals surface area contributed by atoms with Gasteiger partial charge in [0, 0.05) is 19.6 Å². The van der Waals surface area contributed by atoms with Gasteiger partial charge in [-0.1, -0.05) is 12.1 Å². The van der Waals surface area contributed by atoms with Gasteiger partial charge in [-0.25, -0.2) is 4.79 Å². The number of aromatic nitrogens is 1. The first-order valence-electron chi connectivity index (χ1n) is 8.14. The Labute approximate surface area is 134 Å². The van der Waals surface area contributed by atoms with E-state index >= 15 is 0 Å². The van der Waals surface area contributed by atoms with Crippen LogP contribution >= 0.6 is 0 Å². The molecule has 1 aromatic heterocycles. The number of carbonyl (C=O) groups is 1. The highest BCUT2D eigenvalue weighted by atomic mass is 16.5. The summed E-state index contributed by atoms with van der Waals surface area (Å²) >= 11 is 0. The third-order valence-electron chi connectivity index (χ3n) is 4.27. The molecule has 1 fully saturated rings. The lowest BCUT2D eigenvalue weighted by molar-refractivity contribution is -0.122. The smallest absolute Gasteiger partial charge is 0.408 e. The average molecular weight is 318 g/mol. The third kappa shape index (κ3) is 3.64. The van der Waals surface area contributed by atoms with Crippen LogP contribution in [0.5, 0.6) is 0 Å². The number of hydrogen-bond acceptors (Lipinski definition) is 4. The fourth-order valence-electron chi connectivity index (χ4n) is 3.04. The monoisotopic (exact) mass is 318 g/mol. The van der Waals surface area contributed by atoms with Gasteiger partial charge in [0.15, 0.2) is 5.58 Å². The molecule has 6 nitrogen and oxygen atoms in total. The molecule has 1 saturated heterocycles. The molecular weight excluding hydrogens is 296 g/mol. The molecule has 23 heavy (non-hydrogen) atoms. The second-order valence-electron chi connectivity index (χ2n) is 6.00. The van der Waals surface area contributed by atoms with Gasteiger partial charge in [0.2, 0.25) is 5.91 Å². The summed E-state index contributed by atoms with van der Waals surface area (Å²) in [6.07, 6.45) is 3.15. The maximum absolute atomic E-state index is 12.0. The number of nitrogens with zero attached hydrogens (tertiary/aromatic N) is 1. The lowest BCUT2D eigenvalue weighted by Crippen LogP contribution is -2.40. The fraction of sp³-hybridized carbons (Fsp3) is 0.529. The number of amides is 1. The first-order valence-corrected chi connectivity index (χ1v) is 8.14. The molecule has 0 aliphatic carbocycles. The molecule has 1 aliphatic heterocycles. The SMILES string of the molecule is C[C@H](NC(=O)CCCn1c(=O)oc2ccccc21)[C@H]1CCCO1. The zero-order valence-corrected chi connectivity index (χ0v) is 13.3. The van der Waals surface area contributed by atoms with Crippen molar-refractivity contribution in [2.45, 2.75) is 51.3 Å². The lowest BCUT2D eigenvalue weighted by atomic mass is 10.1. The van der Waals surface area contributed by atoms with Crippen LogP contribution in [0, 0.1) is 0 Å². The Kier molecular flexibility index (Phi) is 4.81. The maximum atomic E-state index is 12.0. The number of carbonyl (C=O) groups excluding carboxylic acids is 1. The second-order valence-corrected chi connectivity index (χ2v) is 6.00. The summed E-state index contributed by atoms with van der Waals surface area (Å²) in [6.45, 7) is 3.22. The summed E-state index contributed by atoms with van der Waals surface area (Å²) in [5.74, 6) is -0.381. The highest BCUT2D eigenvalue weighted by Crippen LogP contribution is 2.16. The predicted octanol–water partition coefficient (Wildman–Crippen LogP) is 2.06. The van der Waals surface area contributed by atoms with Gasteiger partial charge >= 0.3 is 5.76 Å². The molecule has 2 atom stereocenters. The number of benzene rings is 1. The van der Waals surface area contributed by atoms with Gasteiger partial charge in [-0.2, -0.15) is 0 Å². The summed E-state index contributed by atoms with van der Waals surface area (Å²) in [4.78, 5) is 23.9. The van der Waals surface area contributed by atoms with Crippen molar-refractivity contribution in [2.24, 2.45) is 0 Å². The number of ether oxygens (including phenoxy) is 1. The average Bonchev–Trinajstić information content (AvgIpc) is 3.16. The molecule has 1 aromatic carbocycles. The van der Waals surface area contributed by atoms with Crippen molar-refractivity contribution in [2.75, 3.05) is 6.61 Å². The Morgan fingerprint density at radius 2 is 2.26 bits per heavy atom. The number of aryl methyl sites for hydroxylation is 1. The van der Waals surface area contributed by atoms with E-state index in [9.17, 15) is 9.59 Å². The Bertz CT molecular complexity index is 728. The van der Waals surface area contributed by atoms with Crippen LogP contribution in [-0.4, -0.2) is 29.2 Å². The van der Waals surface area contributed by atoms with E-state index in [-0.39, 0.29) is 23.8 Å². The minimum absolute atomic E-state index is 0.00569. The van der Waals surface area contributed by atoms with Gasteiger partial charge in [0.05, 0.1) is 17.7 Å². The van der Waals surface area contributed by atoms with Gasteiger partial charge in [0.25, 0.3) is 0 Å². The zero-order valence-electron chi connectivity index (χ0n) is 13.3. The van der Waals surface area contributed by atoms with Crippen molar-refractivity contribution in [1.82, 2.24) is 9.88 Å². The predicted molar refractivity (Wildman–Crippen MR) is 86.3 cm³/mol. The van der Waals surface area contributed by atoms with Crippen molar-refractivity contribution >= 4 is 17.0 Å². The van der Waals surface area contributed by atoms with Crippen LogP contribution in [0.25, 0.3) is 11.1 Å². The standard InChI is InChI=1S/C17H22N2O4/c1-12(14-8-5-11-22-14)18-16(20)9-4-10-19-13-6-2-3-7-15(13)23-17(19)21/h2-3,6-7,12,14H,4-5,8-11H2,1H3,(H,18,20)/t12-,14+/m0/s1. The third-order valence-corrected chi connectivity index (χ3v) is 4.27. The zero-order chi connectivity index (χ0) is 16.2. The Balaban J connectivity index is 1.51. The van der Waals surface area contributed by atoms with E-state index in [0.29, 0.717) is 25.0 Å². The van der Waals surface area contributed by atoms with Crippen LogP contribution in [0.3, 0.4) is 0 Å². The molecule has 0 saturated carbocycles. The summed E-state index contributed by atoms with van der Waals surface area (Å²) in [5.41, 5.74) is 1.35. The molecule has 2 heterocycles. The molecule has 2 aromatic rings.